The Kier molecular flexibility index (Phi) is 5.51. The smallest absolute Gasteiger partial charge is 0.247 e. The summed E-state index contributed by atoms with van der Waals surface area (Å²) in [4.78, 5) is 9.33. The molecule has 0 spiro atoms. The van der Waals surface area contributed by atoms with E-state index < -0.39 is 10.0 Å². The minimum Gasteiger partial charge on any atom is -0.352 e. The summed E-state index contributed by atoms with van der Waals surface area (Å²) in [5.41, 5.74) is 0.999. The van der Waals surface area contributed by atoms with E-state index in [4.69, 9.17) is 5.14 Å². The molecule has 0 fully saturated rings. The highest BCUT2D eigenvalue weighted by Gasteiger charge is 2.11. The van der Waals surface area contributed by atoms with E-state index in [1.54, 1.807) is 24.5 Å². The molecular formula is C12H17N5O2S3. The van der Waals surface area contributed by atoms with Gasteiger partial charge in [-0.15, -0.1) is 22.7 Å². The average molecular weight is 360 g/mol. The lowest BCUT2D eigenvalue weighted by Crippen LogP contribution is -2.36. The van der Waals surface area contributed by atoms with Gasteiger partial charge in [-0.3, -0.25) is 4.99 Å². The van der Waals surface area contributed by atoms with Crippen molar-refractivity contribution in [2.45, 2.75) is 24.2 Å². The third-order valence-electron chi connectivity index (χ3n) is 2.64. The largest absolute Gasteiger partial charge is 0.352 e. The molecule has 0 amide bonds. The fraction of sp³-hybridized carbons (Fsp3) is 0.333. The van der Waals surface area contributed by atoms with E-state index in [0.717, 1.165) is 26.9 Å². The molecule has 0 bridgehead atoms. The van der Waals surface area contributed by atoms with Crippen molar-refractivity contribution in [3.63, 3.8) is 0 Å². The summed E-state index contributed by atoms with van der Waals surface area (Å²) in [6, 6.07) is 3.24. The summed E-state index contributed by atoms with van der Waals surface area (Å²) >= 11 is 2.73. The Hall–Kier alpha value is -1.49. The SMILES string of the molecule is CN=C(NCc1ccc(S(N)(=O)=O)s1)NCc1nc(C)cs1. The van der Waals surface area contributed by atoms with E-state index >= 15 is 0 Å². The van der Waals surface area contributed by atoms with Gasteiger partial charge in [-0.2, -0.15) is 0 Å². The van der Waals surface area contributed by atoms with Gasteiger partial charge in [0.25, 0.3) is 0 Å². The van der Waals surface area contributed by atoms with Gasteiger partial charge < -0.3 is 10.6 Å². The first-order valence-corrected chi connectivity index (χ1v) is 9.60. The molecule has 0 aromatic carbocycles. The van der Waals surface area contributed by atoms with Crippen molar-refractivity contribution in [2.75, 3.05) is 7.05 Å². The number of primary sulfonamides is 1. The van der Waals surface area contributed by atoms with Crippen LogP contribution >= 0.6 is 22.7 Å². The lowest BCUT2D eigenvalue weighted by Gasteiger charge is -2.09. The summed E-state index contributed by atoms with van der Waals surface area (Å²) < 4.78 is 22.6. The molecule has 0 aliphatic rings. The van der Waals surface area contributed by atoms with Crippen LogP contribution in [0, 0.1) is 6.92 Å². The Bertz CT molecular complexity index is 763. The summed E-state index contributed by atoms with van der Waals surface area (Å²) in [5.74, 6) is 0.624. The number of rotatable bonds is 5. The van der Waals surface area contributed by atoms with Gasteiger partial charge in [0.1, 0.15) is 9.22 Å². The zero-order valence-corrected chi connectivity index (χ0v) is 14.6. The fourth-order valence-corrected chi connectivity index (χ4v) is 4.07. The van der Waals surface area contributed by atoms with E-state index in [0.29, 0.717) is 19.0 Å². The molecule has 120 valence electrons. The molecule has 2 heterocycles. The van der Waals surface area contributed by atoms with Crippen molar-refractivity contribution in [1.82, 2.24) is 15.6 Å². The van der Waals surface area contributed by atoms with Crippen molar-refractivity contribution >= 4 is 38.7 Å². The number of nitrogens with zero attached hydrogens (tertiary/aromatic N) is 2. The number of aliphatic imine (C=N–C) groups is 1. The second-order valence-corrected chi connectivity index (χ2v) is 8.33. The second-order valence-electron chi connectivity index (χ2n) is 4.43. The molecule has 22 heavy (non-hydrogen) atoms. The van der Waals surface area contributed by atoms with Gasteiger partial charge in [0, 0.05) is 23.0 Å². The van der Waals surface area contributed by atoms with Gasteiger partial charge in [0.2, 0.25) is 10.0 Å². The van der Waals surface area contributed by atoms with Gasteiger partial charge in [0.15, 0.2) is 5.96 Å². The number of nitrogens with one attached hydrogen (secondary N) is 2. The van der Waals surface area contributed by atoms with Crippen LogP contribution in [0.2, 0.25) is 0 Å². The monoisotopic (exact) mass is 359 g/mol. The van der Waals surface area contributed by atoms with Crippen LogP contribution in [0.3, 0.4) is 0 Å². The molecule has 2 rings (SSSR count). The first kappa shape index (κ1) is 16.9. The number of guanidine groups is 1. The van der Waals surface area contributed by atoms with Gasteiger partial charge in [-0.25, -0.2) is 18.5 Å². The Morgan fingerprint density at radius 3 is 2.64 bits per heavy atom. The highest BCUT2D eigenvalue weighted by atomic mass is 32.2. The normalized spacial score (nSPS) is 12.4. The van der Waals surface area contributed by atoms with Gasteiger partial charge in [-0.05, 0) is 19.1 Å². The molecule has 7 nitrogen and oxygen atoms in total. The van der Waals surface area contributed by atoms with Crippen LogP contribution < -0.4 is 15.8 Å². The maximum absolute atomic E-state index is 11.2. The minimum atomic E-state index is -3.63. The highest BCUT2D eigenvalue weighted by molar-refractivity contribution is 7.91. The second kappa shape index (κ2) is 7.18. The van der Waals surface area contributed by atoms with Crippen LogP contribution in [0.15, 0.2) is 26.7 Å². The maximum Gasteiger partial charge on any atom is 0.247 e. The Morgan fingerprint density at radius 2 is 2.09 bits per heavy atom. The van der Waals surface area contributed by atoms with Gasteiger partial charge >= 0.3 is 0 Å². The topological polar surface area (TPSA) is 109 Å². The Labute approximate surface area is 137 Å². The molecule has 0 unspecified atom stereocenters. The van der Waals surface area contributed by atoms with Crippen molar-refractivity contribution in [3.05, 3.63) is 33.1 Å². The molecule has 2 aromatic rings. The number of thiazole rings is 1. The standard InChI is InChI=1S/C12H17N5O2S3/c1-8-7-20-10(17-8)6-16-12(14-2)15-5-9-3-4-11(21-9)22(13,18)19/h3-4,7H,5-6H2,1-2H3,(H2,13,18,19)(H2,14,15,16). The van der Waals surface area contributed by atoms with Crippen LogP contribution in [-0.2, 0) is 23.1 Å². The zero-order chi connectivity index (χ0) is 16.2. The molecule has 0 saturated carbocycles. The van der Waals surface area contributed by atoms with E-state index in [9.17, 15) is 8.42 Å². The molecule has 0 atom stereocenters. The van der Waals surface area contributed by atoms with Crippen LogP contribution in [-0.4, -0.2) is 26.4 Å². The lowest BCUT2D eigenvalue weighted by atomic mass is 10.4. The predicted octanol–water partition coefficient (Wildman–Crippen LogP) is 1.03. The number of hydrogen-bond acceptors (Lipinski definition) is 6. The van der Waals surface area contributed by atoms with E-state index in [2.05, 4.69) is 20.6 Å². The number of aromatic nitrogens is 1. The molecule has 0 saturated heterocycles. The average Bonchev–Trinajstić information content (AvgIpc) is 3.07. The van der Waals surface area contributed by atoms with E-state index in [-0.39, 0.29) is 4.21 Å². The van der Waals surface area contributed by atoms with Crippen molar-refractivity contribution in [2.24, 2.45) is 10.1 Å². The molecule has 2 aromatic heterocycles. The zero-order valence-electron chi connectivity index (χ0n) is 12.2. The fourth-order valence-electron chi connectivity index (χ4n) is 1.64. The van der Waals surface area contributed by atoms with Crippen molar-refractivity contribution in [1.29, 1.82) is 0 Å². The molecule has 10 heteroatoms. The van der Waals surface area contributed by atoms with Crippen molar-refractivity contribution < 1.29 is 8.42 Å². The van der Waals surface area contributed by atoms with Crippen molar-refractivity contribution in [3.8, 4) is 0 Å². The van der Waals surface area contributed by atoms with E-state index in [1.165, 1.54) is 6.07 Å². The molecular weight excluding hydrogens is 342 g/mol. The lowest BCUT2D eigenvalue weighted by molar-refractivity contribution is 0.600. The maximum atomic E-state index is 11.2. The first-order chi connectivity index (χ1) is 10.4. The van der Waals surface area contributed by atoms with E-state index in [1.807, 2.05) is 12.3 Å². The minimum absolute atomic E-state index is 0.158. The molecule has 0 aliphatic heterocycles. The number of nitrogens with two attached hydrogens (primary N) is 1. The van der Waals surface area contributed by atoms with Crippen LogP contribution in [0.4, 0.5) is 0 Å². The first-order valence-electron chi connectivity index (χ1n) is 6.35. The van der Waals surface area contributed by atoms with Crippen LogP contribution in [0.5, 0.6) is 0 Å². The summed E-state index contributed by atoms with van der Waals surface area (Å²) in [7, 11) is -1.96. The number of hydrogen-bond donors (Lipinski definition) is 3. The quantitative estimate of drug-likeness (QED) is 0.545. The van der Waals surface area contributed by atoms with Gasteiger partial charge in [-0.1, -0.05) is 0 Å². The number of aryl methyl sites for hydroxylation is 1. The number of thiophene rings is 1. The van der Waals surface area contributed by atoms with Crippen LogP contribution in [0.25, 0.3) is 0 Å². The number of sulfonamides is 1. The Morgan fingerprint density at radius 1 is 1.36 bits per heavy atom. The predicted molar refractivity (Wildman–Crippen MR) is 89.6 cm³/mol. The summed E-state index contributed by atoms with van der Waals surface area (Å²) in [6.45, 7) is 3.01. The summed E-state index contributed by atoms with van der Waals surface area (Å²) in [6.07, 6.45) is 0. The molecule has 0 radical (unpaired) electrons. The highest BCUT2D eigenvalue weighted by Crippen LogP contribution is 2.19. The molecule has 0 aliphatic carbocycles. The third kappa shape index (κ3) is 4.77. The molecule has 4 N–H and O–H groups in total. The third-order valence-corrected chi connectivity index (χ3v) is 6.14. The Balaban J connectivity index is 1.87. The van der Waals surface area contributed by atoms with Gasteiger partial charge in [0.05, 0.1) is 13.1 Å². The van der Waals surface area contributed by atoms with Crippen LogP contribution in [0.1, 0.15) is 15.6 Å². The summed E-state index contributed by atoms with van der Waals surface area (Å²) in [5, 5.41) is 14.3.